The van der Waals surface area contributed by atoms with Crippen molar-refractivity contribution >= 4 is 23.0 Å². The number of nitro groups is 1. The smallest absolute Gasteiger partial charge is 0.269 e. The standard InChI is InChI=1S/C20H19N3O3/c1-12(24)21-14-8-9-19-18(11-14)16-6-3-7-17(16)20(22-19)13-4-2-5-15(10-13)23(25)26/h2-6,8-11,16-17,20,22H,7H2,1H3,(H,21,24)/t16-,17+,20-/m1/s1. The number of benzene rings is 2. The first-order valence-corrected chi connectivity index (χ1v) is 8.62. The predicted octanol–water partition coefficient (Wildman–Crippen LogP) is 4.38. The number of anilines is 2. The minimum absolute atomic E-state index is 0.00835. The molecule has 1 aliphatic heterocycles. The molecule has 26 heavy (non-hydrogen) atoms. The normalized spacial score (nSPS) is 22.9. The van der Waals surface area contributed by atoms with E-state index in [2.05, 4.69) is 22.8 Å². The van der Waals surface area contributed by atoms with Gasteiger partial charge < -0.3 is 10.6 Å². The Morgan fingerprint density at radius 1 is 1.27 bits per heavy atom. The molecule has 1 amide bonds. The van der Waals surface area contributed by atoms with Crippen LogP contribution in [0.5, 0.6) is 0 Å². The molecule has 0 bridgehead atoms. The Labute approximate surface area is 151 Å². The fourth-order valence-corrected chi connectivity index (χ4v) is 4.04. The molecule has 0 unspecified atom stereocenters. The lowest BCUT2D eigenvalue weighted by Gasteiger charge is -2.37. The molecule has 1 heterocycles. The van der Waals surface area contributed by atoms with Gasteiger partial charge in [-0.3, -0.25) is 14.9 Å². The first-order chi connectivity index (χ1) is 12.5. The topological polar surface area (TPSA) is 84.3 Å². The number of hydrogen-bond acceptors (Lipinski definition) is 4. The summed E-state index contributed by atoms with van der Waals surface area (Å²) in [5, 5.41) is 17.5. The summed E-state index contributed by atoms with van der Waals surface area (Å²) < 4.78 is 0. The highest BCUT2D eigenvalue weighted by Gasteiger charge is 2.38. The van der Waals surface area contributed by atoms with Crippen molar-refractivity contribution in [1.29, 1.82) is 0 Å². The number of carbonyl (C=O) groups excluding carboxylic acids is 1. The lowest BCUT2D eigenvalue weighted by Crippen LogP contribution is -2.29. The number of nitrogens with one attached hydrogen (secondary N) is 2. The second kappa shape index (κ2) is 6.29. The molecule has 2 N–H and O–H groups in total. The Balaban J connectivity index is 1.72. The van der Waals surface area contributed by atoms with Gasteiger partial charge in [-0.2, -0.15) is 0 Å². The third kappa shape index (κ3) is 2.83. The molecule has 1 aliphatic carbocycles. The van der Waals surface area contributed by atoms with E-state index in [-0.39, 0.29) is 34.4 Å². The number of allylic oxidation sites excluding steroid dienone is 2. The number of nitrogens with zero attached hydrogens (tertiary/aromatic N) is 1. The van der Waals surface area contributed by atoms with Gasteiger partial charge in [-0.1, -0.05) is 24.3 Å². The highest BCUT2D eigenvalue weighted by atomic mass is 16.6. The molecule has 2 aliphatic rings. The third-order valence-corrected chi connectivity index (χ3v) is 5.12. The van der Waals surface area contributed by atoms with Gasteiger partial charge >= 0.3 is 0 Å². The van der Waals surface area contributed by atoms with E-state index in [1.807, 2.05) is 24.3 Å². The summed E-state index contributed by atoms with van der Waals surface area (Å²) in [5.74, 6) is 0.419. The minimum atomic E-state index is -0.357. The van der Waals surface area contributed by atoms with Crippen LogP contribution < -0.4 is 10.6 Å². The maximum Gasteiger partial charge on any atom is 0.269 e. The Morgan fingerprint density at radius 3 is 2.88 bits per heavy atom. The first kappa shape index (κ1) is 16.3. The van der Waals surface area contributed by atoms with E-state index in [4.69, 9.17) is 0 Å². The molecule has 6 heteroatoms. The van der Waals surface area contributed by atoms with Crippen LogP contribution in [-0.4, -0.2) is 10.8 Å². The van der Waals surface area contributed by atoms with Gasteiger partial charge in [0.15, 0.2) is 0 Å². The van der Waals surface area contributed by atoms with E-state index < -0.39 is 0 Å². The zero-order valence-corrected chi connectivity index (χ0v) is 14.3. The predicted molar refractivity (Wildman–Crippen MR) is 100 cm³/mol. The van der Waals surface area contributed by atoms with Crippen molar-refractivity contribution in [3.05, 3.63) is 75.9 Å². The highest BCUT2D eigenvalue weighted by molar-refractivity contribution is 5.89. The molecule has 2 aromatic rings. The lowest BCUT2D eigenvalue weighted by molar-refractivity contribution is -0.384. The fraction of sp³-hybridized carbons (Fsp3) is 0.250. The molecular weight excluding hydrogens is 330 g/mol. The second-order valence-electron chi connectivity index (χ2n) is 6.81. The monoisotopic (exact) mass is 349 g/mol. The molecule has 132 valence electrons. The van der Waals surface area contributed by atoms with Crippen LogP contribution in [0.3, 0.4) is 0 Å². The summed E-state index contributed by atoms with van der Waals surface area (Å²) in [6.45, 7) is 1.49. The van der Waals surface area contributed by atoms with Crippen molar-refractivity contribution in [1.82, 2.24) is 0 Å². The molecule has 2 aromatic carbocycles. The fourth-order valence-electron chi connectivity index (χ4n) is 4.04. The molecule has 6 nitrogen and oxygen atoms in total. The van der Waals surface area contributed by atoms with Crippen LogP contribution in [0.25, 0.3) is 0 Å². The molecule has 3 atom stereocenters. The van der Waals surface area contributed by atoms with Crippen LogP contribution in [0.2, 0.25) is 0 Å². The van der Waals surface area contributed by atoms with E-state index in [9.17, 15) is 14.9 Å². The number of non-ortho nitro benzene ring substituents is 1. The number of amides is 1. The second-order valence-corrected chi connectivity index (χ2v) is 6.81. The highest BCUT2D eigenvalue weighted by Crippen LogP contribution is 2.50. The summed E-state index contributed by atoms with van der Waals surface area (Å²) in [4.78, 5) is 22.1. The summed E-state index contributed by atoms with van der Waals surface area (Å²) in [6, 6.07) is 12.7. The number of nitro benzene ring substituents is 1. The minimum Gasteiger partial charge on any atom is -0.378 e. The Hall–Kier alpha value is -3.15. The van der Waals surface area contributed by atoms with Crippen molar-refractivity contribution in [3.8, 4) is 0 Å². The Morgan fingerprint density at radius 2 is 2.12 bits per heavy atom. The molecule has 0 aromatic heterocycles. The zero-order chi connectivity index (χ0) is 18.3. The molecule has 4 rings (SSSR count). The molecule has 0 saturated heterocycles. The van der Waals surface area contributed by atoms with Crippen molar-refractivity contribution in [2.45, 2.75) is 25.3 Å². The number of carbonyl (C=O) groups is 1. The van der Waals surface area contributed by atoms with Crippen LogP contribution in [0.15, 0.2) is 54.6 Å². The van der Waals surface area contributed by atoms with Gasteiger partial charge in [0, 0.05) is 36.3 Å². The maximum absolute atomic E-state index is 11.3. The van der Waals surface area contributed by atoms with E-state index in [0.717, 1.165) is 28.9 Å². The molecule has 0 fully saturated rings. The van der Waals surface area contributed by atoms with Crippen LogP contribution in [0.1, 0.15) is 36.4 Å². The lowest BCUT2D eigenvalue weighted by atomic mass is 9.77. The molecule has 0 saturated carbocycles. The SMILES string of the molecule is CC(=O)Nc1ccc2c(c1)[C@@H]1C=CC[C@@H]1[C@@H](c1cccc([N+](=O)[O-])c1)N2. The zero-order valence-electron chi connectivity index (χ0n) is 14.3. The first-order valence-electron chi connectivity index (χ1n) is 8.62. The van der Waals surface area contributed by atoms with Gasteiger partial charge in [-0.05, 0) is 41.7 Å². The van der Waals surface area contributed by atoms with Gasteiger partial charge in [-0.25, -0.2) is 0 Å². The van der Waals surface area contributed by atoms with Crippen molar-refractivity contribution in [2.24, 2.45) is 5.92 Å². The van der Waals surface area contributed by atoms with Crippen molar-refractivity contribution < 1.29 is 9.72 Å². The summed E-state index contributed by atoms with van der Waals surface area (Å²) in [6.07, 6.45) is 5.28. The van der Waals surface area contributed by atoms with Crippen LogP contribution in [0, 0.1) is 16.0 Å². The van der Waals surface area contributed by atoms with Gasteiger partial charge in [0.2, 0.25) is 5.91 Å². The molecule has 0 spiro atoms. The number of rotatable bonds is 3. The van der Waals surface area contributed by atoms with E-state index in [1.54, 1.807) is 12.1 Å². The number of hydrogen-bond donors (Lipinski definition) is 2. The maximum atomic E-state index is 11.3. The molecular formula is C20H19N3O3. The Kier molecular flexibility index (Phi) is 3.95. The van der Waals surface area contributed by atoms with E-state index >= 15 is 0 Å². The average Bonchev–Trinajstić information content (AvgIpc) is 3.11. The van der Waals surface area contributed by atoms with Gasteiger partial charge in [-0.15, -0.1) is 0 Å². The van der Waals surface area contributed by atoms with Crippen molar-refractivity contribution in [3.63, 3.8) is 0 Å². The Bertz CT molecular complexity index is 922. The van der Waals surface area contributed by atoms with E-state index in [0.29, 0.717) is 0 Å². The van der Waals surface area contributed by atoms with Crippen LogP contribution in [0.4, 0.5) is 17.1 Å². The summed E-state index contributed by atoms with van der Waals surface area (Å²) in [5.41, 5.74) is 3.97. The van der Waals surface area contributed by atoms with Gasteiger partial charge in [0.1, 0.15) is 0 Å². The largest absolute Gasteiger partial charge is 0.378 e. The van der Waals surface area contributed by atoms with E-state index in [1.165, 1.54) is 13.0 Å². The van der Waals surface area contributed by atoms with Gasteiger partial charge in [0.05, 0.1) is 11.0 Å². The summed E-state index contributed by atoms with van der Waals surface area (Å²) >= 11 is 0. The van der Waals surface area contributed by atoms with Gasteiger partial charge in [0.25, 0.3) is 5.69 Å². The summed E-state index contributed by atoms with van der Waals surface area (Å²) in [7, 11) is 0. The molecule has 0 radical (unpaired) electrons. The average molecular weight is 349 g/mol. The van der Waals surface area contributed by atoms with Crippen molar-refractivity contribution in [2.75, 3.05) is 10.6 Å². The number of fused-ring (bicyclic) bond motifs is 3. The van der Waals surface area contributed by atoms with Crippen LogP contribution >= 0.6 is 0 Å². The van der Waals surface area contributed by atoms with Crippen LogP contribution in [-0.2, 0) is 4.79 Å². The quantitative estimate of drug-likeness (QED) is 0.489. The third-order valence-electron chi connectivity index (χ3n) is 5.12.